The maximum Gasteiger partial charge on any atom is 0.141 e. The summed E-state index contributed by atoms with van der Waals surface area (Å²) in [6.07, 6.45) is 1.12. The molecular formula is C18H19N3. The Morgan fingerprint density at radius 2 is 2.10 bits per heavy atom. The minimum absolute atomic E-state index is 0.930. The van der Waals surface area contributed by atoms with Gasteiger partial charge in [0, 0.05) is 24.3 Å². The minimum Gasteiger partial charge on any atom is -0.384 e. The summed E-state index contributed by atoms with van der Waals surface area (Å²) in [5.74, 6) is 1.06. The zero-order chi connectivity index (χ0) is 14.4. The number of hydrogen-bond donors (Lipinski definition) is 1. The number of anilines is 1. The van der Waals surface area contributed by atoms with E-state index in [1.807, 2.05) is 0 Å². The third kappa shape index (κ3) is 1.92. The highest BCUT2D eigenvalue weighted by Crippen LogP contribution is 2.30. The van der Waals surface area contributed by atoms with Gasteiger partial charge in [-0.15, -0.1) is 0 Å². The molecule has 0 atom stereocenters. The van der Waals surface area contributed by atoms with E-state index in [1.165, 1.54) is 27.9 Å². The van der Waals surface area contributed by atoms with Crippen LogP contribution in [0.2, 0.25) is 0 Å². The van der Waals surface area contributed by atoms with Crippen LogP contribution in [-0.4, -0.2) is 16.1 Å². The number of rotatable bonds is 2. The molecule has 3 heteroatoms. The van der Waals surface area contributed by atoms with Gasteiger partial charge in [0.05, 0.1) is 11.0 Å². The lowest BCUT2D eigenvalue weighted by Crippen LogP contribution is -1.98. The predicted octanol–water partition coefficient (Wildman–Crippen LogP) is 4.00. The number of aromatic nitrogens is 2. The summed E-state index contributed by atoms with van der Waals surface area (Å²) in [6, 6.07) is 13.2. The maximum atomic E-state index is 4.88. The summed E-state index contributed by atoms with van der Waals surface area (Å²) in [7, 11) is 0. The van der Waals surface area contributed by atoms with Gasteiger partial charge in [-0.25, -0.2) is 4.98 Å². The van der Waals surface area contributed by atoms with E-state index in [0.29, 0.717) is 0 Å². The van der Waals surface area contributed by atoms with Crippen LogP contribution in [-0.2, 0) is 13.0 Å². The van der Waals surface area contributed by atoms with Crippen molar-refractivity contribution in [2.75, 3.05) is 11.9 Å². The highest BCUT2D eigenvalue weighted by Gasteiger charge is 2.15. The van der Waals surface area contributed by atoms with E-state index in [1.54, 1.807) is 0 Å². The molecule has 0 saturated heterocycles. The van der Waals surface area contributed by atoms with Crippen molar-refractivity contribution in [2.24, 2.45) is 0 Å². The smallest absolute Gasteiger partial charge is 0.141 e. The van der Waals surface area contributed by atoms with Crippen LogP contribution in [0, 0.1) is 6.92 Å². The Hall–Kier alpha value is -2.29. The average molecular weight is 277 g/mol. The zero-order valence-corrected chi connectivity index (χ0v) is 12.5. The quantitative estimate of drug-likeness (QED) is 0.767. The Balaban J connectivity index is 1.93. The second-order valence-corrected chi connectivity index (χ2v) is 5.72. The fourth-order valence-corrected chi connectivity index (χ4v) is 3.21. The molecule has 0 bridgehead atoms. The molecule has 3 nitrogen and oxygen atoms in total. The maximum absolute atomic E-state index is 4.88. The number of aryl methyl sites for hydroxylation is 2. The molecule has 1 aliphatic heterocycles. The Morgan fingerprint density at radius 1 is 1.19 bits per heavy atom. The first-order chi connectivity index (χ1) is 10.3. The highest BCUT2D eigenvalue weighted by molar-refractivity contribution is 5.82. The number of nitrogens with one attached hydrogen (secondary N) is 1. The van der Waals surface area contributed by atoms with Gasteiger partial charge in [-0.2, -0.15) is 0 Å². The van der Waals surface area contributed by atoms with Gasteiger partial charge in [0.2, 0.25) is 0 Å². The minimum atomic E-state index is 0.930. The van der Waals surface area contributed by atoms with Crippen molar-refractivity contribution in [3.63, 3.8) is 0 Å². The summed E-state index contributed by atoms with van der Waals surface area (Å²) in [5.41, 5.74) is 7.42. The van der Waals surface area contributed by atoms with Gasteiger partial charge in [-0.05, 0) is 49.6 Å². The van der Waals surface area contributed by atoms with Crippen molar-refractivity contribution < 1.29 is 0 Å². The van der Waals surface area contributed by atoms with E-state index < -0.39 is 0 Å². The van der Waals surface area contributed by atoms with Crippen LogP contribution in [0.3, 0.4) is 0 Å². The van der Waals surface area contributed by atoms with Gasteiger partial charge in [0.1, 0.15) is 5.82 Å². The summed E-state index contributed by atoms with van der Waals surface area (Å²) in [5, 5.41) is 3.45. The normalized spacial score (nSPS) is 13.4. The summed E-state index contributed by atoms with van der Waals surface area (Å²) >= 11 is 0. The Bertz CT molecular complexity index is 830. The molecule has 4 rings (SSSR count). The number of benzene rings is 2. The standard InChI is InChI=1S/C18H19N3/c1-3-21-17-7-4-12(2)10-16(17)20-18(21)14-6-5-13-8-9-19-15(13)11-14/h4-7,10-11,19H,3,8-9H2,1-2H3. The Morgan fingerprint density at radius 3 is 2.95 bits per heavy atom. The molecule has 2 aromatic carbocycles. The molecule has 2 heterocycles. The van der Waals surface area contributed by atoms with Crippen molar-refractivity contribution in [2.45, 2.75) is 26.8 Å². The lowest BCUT2D eigenvalue weighted by molar-refractivity contribution is 0.796. The molecule has 0 aliphatic carbocycles. The summed E-state index contributed by atoms with van der Waals surface area (Å²) in [4.78, 5) is 4.88. The number of nitrogens with zero attached hydrogens (tertiary/aromatic N) is 2. The largest absolute Gasteiger partial charge is 0.384 e. The van der Waals surface area contributed by atoms with Gasteiger partial charge >= 0.3 is 0 Å². The van der Waals surface area contributed by atoms with Crippen LogP contribution in [0.25, 0.3) is 22.4 Å². The Labute approximate surface area is 124 Å². The van der Waals surface area contributed by atoms with Crippen LogP contribution < -0.4 is 5.32 Å². The van der Waals surface area contributed by atoms with Crippen LogP contribution in [0.5, 0.6) is 0 Å². The van der Waals surface area contributed by atoms with Crippen molar-refractivity contribution >= 4 is 16.7 Å². The van der Waals surface area contributed by atoms with E-state index in [-0.39, 0.29) is 0 Å². The third-order valence-corrected chi connectivity index (χ3v) is 4.30. The molecule has 0 radical (unpaired) electrons. The molecule has 0 spiro atoms. The zero-order valence-electron chi connectivity index (χ0n) is 12.5. The van der Waals surface area contributed by atoms with Crippen LogP contribution in [0.15, 0.2) is 36.4 Å². The van der Waals surface area contributed by atoms with Crippen LogP contribution >= 0.6 is 0 Å². The van der Waals surface area contributed by atoms with Crippen molar-refractivity contribution in [1.29, 1.82) is 0 Å². The number of hydrogen-bond acceptors (Lipinski definition) is 2. The first-order valence-corrected chi connectivity index (χ1v) is 7.60. The van der Waals surface area contributed by atoms with Crippen molar-refractivity contribution in [3.8, 4) is 11.4 Å². The molecule has 1 N–H and O–H groups in total. The molecule has 0 amide bonds. The lowest BCUT2D eigenvalue weighted by atomic mass is 10.1. The van der Waals surface area contributed by atoms with E-state index in [4.69, 9.17) is 4.98 Å². The fraction of sp³-hybridized carbons (Fsp3) is 0.278. The molecule has 0 fully saturated rings. The van der Waals surface area contributed by atoms with Gasteiger partial charge in [0.15, 0.2) is 0 Å². The predicted molar refractivity (Wildman–Crippen MR) is 87.8 cm³/mol. The number of fused-ring (bicyclic) bond motifs is 2. The molecule has 1 aromatic heterocycles. The first kappa shape index (κ1) is 12.5. The topological polar surface area (TPSA) is 29.9 Å². The van der Waals surface area contributed by atoms with Gasteiger partial charge < -0.3 is 9.88 Å². The molecule has 21 heavy (non-hydrogen) atoms. The highest BCUT2D eigenvalue weighted by atomic mass is 15.1. The number of imidazole rings is 1. The molecule has 3 aromatic rings. The van der Waals surface area contributed by atoms with E-state index in [9.17, 15) is 0 Å². The van der Waals surface area contributed by atoms with E-state index in [2.05, 4.69) is 60.1 Å². The molecule has 0 unspecified atom stereocenters. The van der Waals surface area contributed by atoms with Gasteiger partial charge in [0.25, 0.3) is 0 Å². The molecule has 1 aliphatic rings. The van der Waals surface area contributed by atoms with Crippen LogP contribution in [0.4, 0.5) is 5.69 Å². The molecule has 0 saturated carbocycles. The second-order valence-electron chi connectivity index (χ2n) is 5.72. The Kier molecular flexibility index (Phi) is 2.74. The third-order valence-electron chi connectivity index (χ3n) is 4.30. The van der Waals surface area contributed by atoms with Crippen molar-refractivity contribution in [3.05, 3.63) is 47.5 Å². The van der Waals surface area contributed by atoms with Crippen molar-refractivity contribution in [1.82, 2.24) is 9.55 Å². The van der Waals surface area contributed by atoms with Crippen LogP contribution in [0.1, 0.15) is 18.1 Å². The lowest BCUT2D eigenvalue weighted by Gasteiger charge is -2.08. The molecule has 106 valence electrons. The van der Waals surface area contributed by atoms with Gasteiger partial charge in [-0.3, -0.25) is 0 Å². The van der Waals surface area contributed by atoms with E-state index >= 15 is 0 Å². The second kappa shape index (κ2) is 4.62. The van der Waals surface area contributed by atoms with Gasteiger partial charge in [-0.1, -0.05) is 18.2 Å². The van der Waals surface area contributed by atoms with E-state index in [0.717, 1.165) is 30.9 Å². The SMILES string of the molecule is CCn1c(-c2ccc3c(c2)NCC3)nc2cc(C)ccc21. The monoisotopic (exact) mass is 277 g/mol. The first-order valence-electron chi connectivity index (χ1n) is 7.60. The summed E-state index contributed by atoms with van der Waals surface area (Å²) in [6.45, 7) is 6.26. The summed E-state index contributed by atoms with van der Waals surface area (Å²) < 4.78 is 2.30. The fourth-order valence-electron chi connectivity index (χ4n) is 3.21. The average Bonchev–Trinajstić information content (AvgIpc) is 3.09. The molecular weight excluding hydrogens is 258 g/mol.